The summed E-state index contributed by atoms with van der Waals surface area (Å²) >= 11 is 0. The van der Waals surface area contributed by atoms with E-state index in [0.717, 1.165) is 19.4 Å². The molecule has 0 rings (SSSR count). The van der Waals surface area contributed by atoms with E-state index in [1.54, 1.807) is 6.92 Å². The van der Waals surface area contributed by atoms with E-state index >= 15 is 0 Å². The summed E-state index contributed by atoms with van der Waals surface area (Å²) in [6.07, 6.45) is 8.03. The standard InChI is InChI=1S/C18H35NO2/c1-6-12-19(13-7-2,14-8-3)15-10-9-11-16-21-18(20)17(4)5/h10H,4,6-9,11-16H2,1-3,5H3/q+1. The second-order valence-corrected chi connectivity index (χ2v) is 6.04. The van der Waals surface area contributed by atoms with Crippen molar-refractivity contribution in [3.8, 4) is 0 Å². The van der Waals surface area contributed by atoms with Crippen molar-refractivity contribution in [1.82, 2.24) is 0 Å². The van der Waals surface area contributed by atoms with Crippen LogP contribution in [0.25, 0.3) is 0 Å². The summed E-state index contributed by atoms with van der Waals surface area (Å²) in [5.41, 5.74) is 0.475. The Kier molecular flexibility index (Phi) is 11.3. The van der Waals surface area contributed by atoms with Gasteiger partial charge in [0.05, 0.1) is 32.8 Å². The van der Waals surface area contributed by atoms with Gasteiger partial charge in [-0.25, -0.2) is 4.79 Å². The van der Waals surface area contributed by atoms with Crippen LogP contribution in [0, 0.1) is 6.42 Å². The van der Waals surface area contributed by atoms with Gasteiger partial charge in [0.25, 0.3) is 0 Å². The van der Waals surface area contributed by atoms with E-state index in [1.807, 2.05) is 0 Å². The fraction of sp³-hybridized carbons (Fsp3) is 0.778. The Morgan fingerprint density at radius 3 is 2.05 bits per heavy atom. The topological polar surface area (TPSA) is 26.3 Å². The number of hydrogen-bond donors (Lipinski definition) is 0. The Balaban J connectivity index is 4.01. The molecule has 0 fully saturated rings. The van der Waals surface area contributed by atoms with Crippen LogP contribution in [0.2, 0.25) is 0 Å². The number of quaternary nitrogens is 1. The van der Waals surface area contributed by atoms with Crippen LogP contribution in [0.1, 0.15) is 59.8 Å². The van der Waals surface area contributed by atoms with Crippen LogP contribution in [0.15, 0.2) is 12.2 Å². The zero-order chi connectivity index (χ0) is 16.1. The molecule has 21 heavy (non-hydrogen) atoms. The summed E-state index contributed by atoms with van der Waals surface area (Å²) in [5, 5.41) is 0. The van der Waals surface area contributed by atoms with Crippen molar-refractivity contribution in [2.45, 2.75) is 59.8 Å². The number of esters is 1. The van der Waals surface area contributed by atoms with E-state index in [-0.39, 0.29) is 5.97 Å². The molecular formula is C18H35NO2+. The molecule has 3 nitrogen and oxygen atoms in total. The number of carbonyl (C=O) groups excluding carboxylic acids is 1. The fourth-order valence-electron chi connectivity index (χ4n) is 2.91. The van der Waals surface area contributed by atoms with Gasteiger partial charge in [-0.15, -0.1) is 0 Å². The average molecular weight is 297 g/mol. The van der Waals surface area contributed by atoms with Crippen molar-refractivity contribution >= 4 is 5.97 Å². The molecule has 0 aromatic carbocycles. The maximum Gasteiger partial charge on any atom is 0.333 e. The number of rotatable bonds is 13. The van der Waals surface area contributed by atoms with E-state index in [9.17, 15) is 4.79 Å². The molecule has 0 bridgehead atoms. The molecule has 0 aliphatic rings. The molecule has 0 spiro atoms. The van der Waals surface area contributed by atoms with E-state index in [1.165, 1.54) is 43.4 Å². The largest absolute Gasteiger partial charge is 0.462 e. The van der Waals surface area contributed by atoms with E-state index in [4.69, 9.17) is 4.74 Å². The normalized spacial score (nSPS) is 11.4. The molecule has 0 unspecified atom stereocenters. The summed E-state index contributed by atoms with van der Waals surface area (Å²) in [4.78, 5) is 11.3. The van der Waals surface area contributed by atoms with Gasteiger partial charge in [-0.3, -0.25) is 0 Å². The summed E-state index contributed by atoms with van der Waals surface area (Å²) < 4.78 is 6.33. The smallest absolute Gasteiger partial charge is 0.333 e. The minimum absolute atomic E-state index is 0.275. The van der Waals surface area contributed by atoms with Crippen LogP contribution in [-0.2, 0) is 9.53 Å². The highest BCUT2D eigenvalue weighted by atomic mass is 16.5. The molecule has 0 atom stereocenters. The SMILES string of the molecule is C=C(C)C(=O)OCCC[CH]C[N+](CCC)(CCC)CCC. The Morgan fingerprint density at radius 2 is 1.62 bits per heavy atom. The van der Waals surface area contributed by atoms with Gasteiger partial charge in [-0.05, 0) is 39.0 Å². The van der Waals surface area contributed by atoms with Crippen LogP contribution in [0.4, 0.5) is 0 Å². The van der Waals surface area contributed by atoms with E-state index < -0.39 is 0 Å². The molecule has 0 N–H and O–H groups in total. The van der Waals surface area contributed by atoms with Gasteiger partial charge in [-0.1, -0.05) is 27.4 Å². The molecular weight excluding hydrogens is 262 g/mol. The zero-order valence-electron chi connectivity index (χ0n) is 14.6. The summed E-state index contributed by atoms with van der Waals surface area (Å²) in [6, 6.07) is 0. The lowest BCUT2D eigenvalue weighted by atomic mass is 10.1. The van der Waals surface area contributed by atoms with Crippen molar-refractivity contribution in [2.24, 2.45) is 0 Å². The average Bonchev–Trinajstić information content (AvgIpc) is 2.43. The fourth-order valence-corrected chi connectivity index (χ4v) is 2.91. The quantitative estimate of drug-likeness (QED) is 0.221. The minimum Gasteiger partial charge on any atom is -0.462 e. The second-order valence-electron chi connectivity index (χ2n) is 6.04. The number of nitrogens with zero attached hydrogens (tertiary/aromatic N) is 1. The molecule has 0 aromatic heterocycles. The minimum atomic E-state index is -0.275. The number of ether oxygens (including phenoxy) is 1. The highest BCUT2D eigenvalue weighted by Gasteiger charge is 2.23. The summed E-state index contributed by atoms with van der Waals surface area (Å²) in [5.74, 6) is -0.275. The lowest BCUT2D eigenvalue weighted by molar-refractivity contribution is -0.924. The molecule has 0 saturated carbocycles. The predicted octanol–water partition coefficient (Wildman–Crippen LogP) is 4.14. The third kappa shape index (κ3) is 8.92. The predicted molar refractivity (Wildman–Crippen MR) is 89.9 cm³/mol. The maximum absolute atomic E-state index is 11.3. The molecule has 0 aromatic rings. The first-order valence-electron chi connectivity index (χ1n) is 8.50. The van der Waals surface area contributed by atoms with Gasteiger partial charge in [0.15, 0.2) is 0 Å². The lowest BCUT2D eigenvalue weighted by Gasteiger charge is -2.38. The second kappa shape index (κ2) is 11.8. The first-order chi connectivity index (χ1) is 10.0. The summed E-state index contributed by atoms with van der Waals surface area (Å²) in [7, 11) is 0. The van der Waals surface area contributed by atoms with Gasteiger partial charge in [0, 0.05) is 12.0 Å². The molecule has 3 heteroatoms. The van der Waals surface area contributed by atoms with Crippen molar-refractivity contribution in [1.29, 1.82) is 0 Å². The third-order valence-corrected chi connectivity index (χ3v) is 3.74. The first-order valence-corrected chi connectivity index (χ1v) is 8.50. The third-order valence-electron chi connectivity index (χ3n) is 3.74. The van der Waals surface area contributed by atoms with Crippen molar-refractivity contribution in [3.05, 3.63) is 18.6 Å². The Labute approximate surface area is 131 Å². The molecule has 0 aliphatic heterocycles. The summed E-state index contributed by atoms with van der Waals surface area (Å²) in [6.45, 7) is 17.5. The maximum atomic E-state index is 11.3. The molecule has 0 amide bonds. The van der Waals surface area contributed by atoms with Crippen LogP contribution in [-0.4, -0.2) is 43.2 Å². The van der Waals surface area contributed by atoms with Crippen molar-refractivity contribution in [3.63, 3.8) is 0 Å². The van der Waals surface area contributed by atoms with Gasteiger partial charge >= 0.3 is 5.97 Å². The molecule has 0 aliphatic carbocycles. The van der Waals surface area contributed by atoms with Crippen LogP contribution < -0.4 is 0 Å². The van der Waals surface area contributed by atoms with E-state index in [0.29, 0.717) is 12.2 Å². The molecule has 1 radical (unpaired) electrons. The van der Waals surface area contributed by atoms with E-state index in [2.05, 4.69) is 33.8 Å². The van der Waals surface area contributed by atoms with Crippen molar-refractivity contribution < 1.29 is 14.0 Å². The van der Waals surface area contributed by atoms with Gasteiger partial charge in [-0.2, -0.15) is 0 Å². The number of carbonyl (C=O) groups is 1. The molecule has 0 heterocycles. The van der Waals surface area contributed by atoms with Crippen molar-refractivity contribution in [2.75, 3.05) is 32.8 Å². The van der Waals surface area contributed by atoms with Gasteiger partial charge < -0.3 is 9.22 Å². The number of unbranched alkanes of at least 4 members (excludes halogenated alkanes) is 2. The monoisotopic (exact) mass is 297 g/mol. The highest BCUT2D eigenvalue weighted by molar-refractivity contribution is 5.86. The Bertz CT molecular complexity index is 283. The lowest BCUT2D eigenvalue weighted by Crippen LogP contribution is -2.50. The molecule has 123 valence electrons. The van der Waals surface area contributed by atoms with Gasteiger partial charge in [0.1, 0.15) is 0 Å². The van der Waals surface area contributed by atoms with Crippen LogP contribution >= 0.6 is 0 Å². The van der Waals surface area contributed by atoms with Crippen LogP contribution in [0.5, 0.6) is 0 Å². The zero-order valence-corrected chi connectivity index (χ0v) is 14.6. The number of hydrogen-bond acceptors (Lipinski definition) is 2. The van der Waals surface area contributed by atoms with Gasteiger partial charge in [0.2, 0.25) is 0 Å². The highest BCUT2D eigenvalue weighted by Crippen LogP contribution is 2.14. The Morgan fingerprint density at radius 1 is 1.10 bits per heavy atom. The first kappa shape index (κ1) is 20.2. The van der Waals surface area contributed by atoms with Crippen LogP contribution in [0.3, 0.4) is 0 Å². The Hall–Kier alpha value is -0.830. The molecule has 0 saturated heterocycles.